The number of fused-ring (bicyclic) bond motifs is 1. The highest BCUT2D eigenvalue weighted by molar-refractivity contribution is 8.00. The van der Waals surface area contributed by atoms with Gasteiger partial charge in [0, 0.05) is 0 Å². The summed E-state index contributed by atoms with van der Waals surface area (Å²) in [5.74, 6) is -0.549. The van der Waals surface area contributed by atoms with Gasteiger partial charge < -0.3 is 15.8 Å². The minimum atomic E-state index is -4.74. The molecule has 214 valence electrons. The van der Waals surface area contributed by atoms with Crippen LogP contribution in [0.3, 0.4) is 0 Å². The van der Waals surface area contributed by atoms with Crippen LogP contribution in [0.1, 0.15) is 15.2 Å². The second kappa shape index (κ2) is 11.3. The number of sulfonamides is 1. The van der Waals surface area contributed by atoms with Crippen molar-refractivity contribution in [1.82, 2.24) is 14.8 Å². The number of amides is 1. The Morgan fingerprint density at radius 2 is 1.93 bits per heavy atom. The lowest BCUT2D eigenvalue weighted by Crippen LogP contribution is -2.30. The van der Waals surface area contributed by atoms with Gasteiger partial charge in [0.2, 0.25) is 10.0 Å². The van der Waals surface area contributed by atoms with Gasteiger partial charge in [0.15, 0.2) is 10.2 Å². The summed E-state index contributed by atoms with van der Waals surface area (Å²) in [6.07, 6.45) is -2.08. The van der Waals surface area contributed by atoms with E-state index in [0.29, 0.717) is 20.3 Å². The van der Waals surface area contributed by atoms with Crippen LogP contribution in [0, 0.1) is 0 Å². The highest BCUT2D eigenvalue weighted by Crippen LogP contribution is 2.40. The summed E-state index contributed by atoms with van der Waals surface area (Å²) in [4.78, 5) is 17.2. The third-order valence-electron chi connectivity index (χ3n) is 5.54. The number of thioether (sulfide) groups is 1. The summed E-state index contributed by atoms with van der Waals surface area (Å²) in [6.45, 7) is -1.84. The van der Waals surface area contributed by atoms with Gasteiger partial charge in [0.05, 0.1) is 41.5 Å². The Kier molecular flexibility index (Phi) is 8.44. The Hall–Kier alpha value is -3.21. The van der Waals surface area contributed by atoms with E-state index < -0.39 is 28.7 Å². The first kappa shape index (κ1) is 29.8. The molecule has 4 rings (SSSR count). The number of benzene rings is 2. The quantitative estimate of drug-likeness (QED) is 0.239. The number of rotatable bonds is 9. The molecule has 1 amide bonds. The van der Waals surface area contributed by atoms with Crippen LogP contribution in [-0.2, 0) is 23.1 Å². The molecule has 0 radical (unpaired) electrons. The summed E-state index contributed by atoms with van der Waals surface area (Å²) >= 11 is 8.73. The molecule has 4 aromatic rings. The van der Waals surface area contributed by atoms with E-state index in [1.54, 1.807) is 30.5 Å². The average molecular weight is 635 g/mol. The predicted octanol–water partition coefficient (Wildman–Crippen LogP) is 5.24. The van der Waals surface area contributed by atoms with Gasteiger partial charge in [-0.1, -0.05) is 35.5 Å². The molecule has 0 bridgehead atoms. The SMILES string of the molecule is COc1ccc(CN(c2nn(CC(F)(F)F)c3c(NC(=O)c4sc(SC)nc4N)ccc(Cl)c23)S(C)(=O)=O)cc1. The minimum Gasteiger partial charge on any atom is -0.497 e. The molecule has 0 saturated heterocycles. The van der Waals surface area contributed by atoms with Crippen LogP contribution in [0.4, 0.5) is 30.5 Å². The Balaban J connectivity index is 1.88. The van der Waals surface area contributed by atoms with Crippen molar-refractivity contribution in [3.63, 3.8) is 0 Å². The standard InChI is InChI=1S/C23H22ClF3N6O4S3/c1-37-13-6-4-12(5-7-13)10-33(40(3,35)36)20-16-14(24)8-9-15(17(16)32(31-20)11-23(25,26)27)29-21(34)18-19(28)30-22(38-2)39-18/h4-9H,10-11,28H2,1-3H3,(H,29,34). The van der Waals surface area contributed by atoms with Crippen molar-refractivity contribution >= 4 is 78.9 Å². The molecule has 0 spiro atoms. The highest BCUT2D eigenvalue weighted by atomic mass is 35.5. The second-order valence-electron chi connectivity index (χ2n) is 8.39. The number of thiazole rings is 1. The normalized spacial score (nSPS) is 12.1. The number of anilines is 3. The van der Waals surface area contributed by atoms with Crippen LogP contribution < -0.4 is 20.1 Å². The third-order valence-corrected chi connectivity index (χ3v) is 9.01. The van der Waals surface area contributed by atoms with Crippen LogP contribution in [0.5, 0.6) is 5.75 Å². The van der Waals surface area contributed by atoms with Gasteiger partial charge in [0.1, 0.15) is 23.0 Å². The Morgan fingerprint density at radius 1 is 1.25 bits per heavy atom. The smallest absolute Gasteiger partial charge is 0.408 e. The van der Waals surface area contributed by atoms with Crippen LogP contribution in [0.2, 0.25) is 5.02 Å². The number of hydrogen-bond donors (Lipinski definition) is 2. The Labute approximate surface area is 240 Å². The van der Waals surface area contributed by atoms with Crippen LogP contribution in [0.25, 0.3) is 10.9 Å². The first-order valence-corrected chi connectivity index (χ1v) is 15.5. The van der Waals surface area contributed by atoms with Gasteiger partial charge in [0.25, 0.3) is 5.91 Å². The molecular formula is C23H22ClF3N6O4S3. The molecule has 40 heavy (non-hydrogen) atoms. The lowest BCUT2D eigenvalue weighted by Gasteiger charge is -2.21. The number of halogens is 4. The molecule has 0 atom stereocenters. The van der Waals surface area contributed by atoms with Crippen molar-refractivity contribution in [2.45, 2.75) is 23.6 Å². The van der Waals surface area contributed by atoms with Crippen molar-refractivity contribution in [3.8, 4) is 5.75 Å². The summed E-state index contributed by atoms with van der Waals surface area (Å²) < 4.78 is 73.8. The number of alkyl halides is 3. The van der Waals surface area contributed by atoms with Crippen molar-refractivity contribution < 1.29 is 31.1 Å². The molecule has 0 aliphatic rings. The number of ether oxygens (including phenoxy) is 1. The largest absolute Gasteiger partial charge is 0.497 e. The maximum atomic E-state index is 13.6. The molecule has 2 heterocycles. The maximum Gasteiger partial charge on any atom is 0.408 e. The molecule has 17 heteroatoms. The zero-order valence-electron chi connectivity index (χ0n) is 21.1. The van der Waals surface area contributed by atoms with E-state index in [9.17, 15) is 26.4 Å². The summed E-state index contributed by atoms with van der Waals surface area (Å²) in [6, 6.07) is 9.10. The highest BCUT2D eigenvalue weighted by Gasteiger charge is 2.34. The fourth-order valence-corrected chi connectivity index (χ4v) is 6.26. The van der Waals surface area contributed by atoms with Crippen molar-refractivity contribution in [1.29, 1.82) is 0 Å². The molecule has 2 aromatic heterocycles. The monoisotopic (exact) mass is 634 g/mol. The first-order valence-electron chi connectivity index (χ1n) is 11.2. The predicted molar refractivity (Wildman–Crippen MR) is 151 cm³/mol. The van der Waals surface area contributed by atoms with Crippen molar-refractivity contribution in [2.24, 2.45) is 0 Å². The number of carbonyl (C=O) groups excluding carboxylic acids is 1. The van der Waals surface area contributed by atoms with E-state index >= 15 is 0 Å². The number of methoxy groups -OCH3 is 1. The lowest BCUT2D eigenvalue weighted by molar-refractivity contribution is -0.141. The van der Waals surface area contributed by atoms with E-state index in [1.807, 2.05) is 0 Å². The van der Waals surface area contributed by atoms with Gasteiger partial charge >= 0.3 is 6.18 Å². The van der Waals surface area contributed by atoms with Crippen molar-refractivity contribution in [3.05, 3.63) is 51.9 Å². The first-order chi connectivity index (χ1) is 18.7. The molecule has 0 aliphatic carbocycles. The number of aromatic nitrogens is 3. The lowest BCUT2D eigenvalue weighted by atomic mass is 10.2. The number of carbonyl (C=O) groups is 1. The van der Waals surface area contributed by atoms with Crippen LogP contribution in [-0.4, -0.2) is 54.9 Å². The molecule has 0 fully saturated rings. The maximum absolute atomic E-state index is 13.6. The number of nitrogen functional groups attached to an aromatic ring is 1. The van der Waals surface area contributed by atoms with Crippen LogP contribution in [0.15, 0.2) is 40.7 Å². The Morgan fingerprint density at radius 3 is 2.48 bits per heavy atom. The van der Waals surface area contributed by atoms with Gasteiger partial charge in [-0.25, -0.2) is 17.7 Å². The number of hydrogen-bond acceptors (Lipinski definition) is 9. The van der Waals surface area contributed by atoms with E-state index in [-0.39, 0.29) is 44.7 Å². The molecule has 0 saturated carbocycles. The summed E-state index contributed by atoms with van der Waals surface area (Å²) in [7, 11) is -2.61. The van der Waals surface area contributed by atoms with E-state index in [4.69, 9.17) is 22.1 Å². The molecule has 2 aromatic carbocycles. The fourth-order valence-electron chi connectivity index (χ4n) is 3.81. The van der Waals surface area contributed by atoms with Crippen LogP contribution >= 0.6 is 34.7 Å². The third kappa shape index (κ3) is 6.40. The molecule has 0 unspecified atom stereocenters. The number of nitrogens with zero attached hydrogens (tertiary/aromatic N) is 4. The van der Waals surface area contributed by atoms with Gasteiger partial charge in [-0.2, -0.15) is 18.3 Å². The van der Waals surface area contributed by atoms with Gasteiger partial charge in [-0.3, -0.25) is 9.48 Å². The summed E-state index contributed by atoms with van der Waals surface area (Å²) in [5.41, 5.74) is 6.07. The second-order valence-corrected chi connectivity index (χ2v) is 12.8. The zero-order valence-corrected chi connectivity index (χ0v) is 24.3. The Bertz CT molecular complexity index is 1670. The summed E-state index contributed by atoms with van der Waals surface area (Å²) in [5, 5.41) is 6.45. The minimum absolute atomic E-state index is 0.0377. The molecule has 0 aliphatic heterocycles. The van der Waals surface area contributed by atoms with Gasteiger partial charge in [-0.05, 0) is 36.1 Å². The van der Waals surface area contributed by atoms with E-state index in [2.05, 4.69) is 15.4 Å². The average Bonchev–Trinajstić information content (AvgIpc) is 3.43. The van der Waals surface area contributed by atoms with Gasteiger partial charge in [-0.15, -0.1) is 11.3 Å². The molecule has 10 nitrogen and oxygen atoms in total. The zero-order chi connectivity index (χ0) is 29.4. The number of nitrogens with two attached hydrogens (primary N) is 1. The fraction of sp³-hybridized carbons (Fsp3) is 0.261. The van der Waals surface area contributed by atoms with Crippen molar-refractivity contribution in [2.75, 3.05) is 35.0 Å². The molecule has 3 N–H and O–H groups in total. The van der Waals surface area contributed by atoms with E-state index in [1.165, 1.54) is 31.0 Å². The topological polar surface area (TPSA) is 132 Å². The van der Waals surface area contributed by atoms with E-state index in [0.717, 1.165) is 21.9 Å². The molecular weight excluding hydrogens is 613 g/mol. The number of nitrogens with one attached hydrogen (secondary N) is 1.